The van der Waals surface area contributed by atoms with Gasteiger partial charge in [-0.2, -0.15) is 10.1 Å². The maximum absolute atomic E-state index is 14.2. The molecule has 0 aromatic heterocycles. The van der Waals surface area contributed by atoms with E-state index in [0.717, 1.165) is 12.1 Å². The molecule has 0 spiro atoms. The highest BCUT2D eigenvalue weighted by atomic mass is 16.7. The van der Waals surface area contributed by atoms with Crippen molar-refractivity contribution < 1.29 is 90.8 Å². The zero-order valence-electron chi connectivity index (χ0n) is 60.4. The standard InChI is InChI=1S/C33H58N4O10.C33H56N4O9/c1-14-23-33(8)27(37(34-9)31(40)47-33)19(4)24(35-41)17(2)16-32(7,43-13)28(20(5)25(38)21(6)29(39)45-23)46-30-26(42-12)22(36(10)11)15-18(3)44-30;1-14-23-33(8)27-19(4)24(34-36(11)37(27)31(40)46-33)17(2)16-32(7,42-13)28(20(5)25(38)21(6)29(39)44-23)45-30-26(41-12)22(35(9)10)15-18(3)43-30/h17-23,26-28,30,34,41H,14-16H2,1-13H3;17-23,26-28,30H,14-16H2,1-13H3/t17?,18?,19?,20?,21?,22?,23-,26?,27?,28?,30?,32?,33?;17?,18?,19-,20?,21?,22?,23+,26?,27+,28?,30?,32?,33?/m10/s1. The molecule has 0 saturated carbocycles. The lowest BCUT2D eigenvalue weighted by molar-refractivity contribution is -0.299. The molecular weight excluding hydrogens is 1210 g/mol. The van der Waals surface area contributed by atoms with Crippen LogP contribution in [0.2, 0.25) is 0 Å². The number of ketones is 2. The van der Waals surface area contributed by atoms with Crippen LogP contribution in [0.5, 0.6) is 0 Å². The lowest BCUT2D eigenvalue weighted by atomic mass is 9.73. The third-order valence-electron chi connectivity index (χ3n) is 21.6. The van der Waals surface area contributed by atoms with Gasteiger partial charge in [0.25, 0.3) is 0 Å². The quantitative estimate of drug-likeness (QED) is 0.0635. The summed E-state index contributed by atoms with van der Waals surface area (Å²) in [4.78, 5) is 86.4. The average molecular weight is 1320 g/mol. The summed E-state index contributed by atoms with van der Waals surface area (Å²) in [5.41, 5.74) is -0.612. The molecule has 22 unspecified atom stereocenters. The molecule has 2 amide bonds. The second-order valence-electron chi connectivity index (χ2n) is 28.5. The van der Waals surface area contributed by atoms with Crippen molar-refractivity contribution in [3.05, 3.63) is 0 Å². The van der Waals surface area contributed by atoms with E-state index >= 15 is 0 Å². The summed E-state index contributed by atoms with van der Waals surface area (Å²) in [6.45, 7) is 29.3. The van der Waals surface area contributed by atoms with E-state index in [9.17, 15) is 34.0 Å². The number of fused-ring (bicyclic) bond motifs is 2. The number of methoxy groups -OCH3 is 4. The number of carbonyl (C=O) groups is 6. The predicted molar refractivity (Wildman–Crippen MR) is 342 cm³/mol. The Balaban J connectivity index is 0.000000295. The van der Waals surface area contributed by atoms with Crippen LogP contribution in [0.25, 0.3) is 0 Å². The number of rotatable bonds is 13. The van der Waals surface area contributed by atoms with Gasteiger partial charge < -0.3 is 71.8 Å². The summed E-state index contributed by atoms with van der Waals surface area (Å²) in [7, 11) is 17.6. The summed E-state index contributed by atoms with van der Waals surface area (Å²) >= 11 is 0. The van der Waals surface area contributed by atoms with Crippen LogP contribution in [0, 0.1) is 47.3 Å². The molecule has 7 rings (SSSR count). The van der Waals surface area contributed by atoms with Crippen molar-refractivity contribution in [1.82, 2.24) is 30.4 Å². The maximum Gasteiger partial charge on any atom is 0.431 e. The number of amides is 2. The number of carbonyl (C=O) groups excluding carboxylic acids is 6. The first-order valence-electron chi connectivity index (χ1n) is 33.3. The second-order valence-corrected chi connectivity index (χ2v) is 28.5. The summed E-state index contributed by atoms with van der Waals surface area (Å²) in [6.07, 6.45) is -4.73. The molecule has 532 valence electrons. The van der Waals surface area contributed by atoms with Gasteiger partial charge in [0.05, 0.1) is 41.3 Å². The minimum atomic E-state index is -1.35. The number of likely N-dealkylation sites (N-methyl/N-ethyl adjacent to an activating group) is 2. The maximum atomic E-state index is 14.2. The molecule has 27 nitrogen and oxygen atoms in total. The first kappa shape index (κ1) is 77.3. The van der Waals surface area contributed by atoms with Crippen molar-refractivity contribution in [1.29, 1.82) is 0 Å². The molecule has 2 bridgehead atoms. The van der Waals surface area contributed by atoms with Gasteiger partial charge in [-0.25, -0.2) is 25.1 Å². The van der Waals surface area contributed by atoms with E-state index in [-0.39, 0.29) is 48.3 Å². The molecule has 6 saturated heterocycles. The van der Waals surface area contributed by atoms with E-state index in [2.05, 4.69) is 27.3 Å². The van der Waals surface area contributed by atoms with Crippen molar-refractivity contribution in [3.8, 4) is 0 Å². The second kappa shape index (κ2) is 30.8. The van der Waals surface area contributed by atoms with Crippen molar-refractivity contribution >= 4 is 47.1 Å². The molecule has 6 fully saturated rings. The molecule has 7 heterocycles. The fourth-order valence-electron chi connectivity index (χ4n) is 16.3. The minimum Gasteiger partial charge on any atom is -0.458 e. The highest BCUT2D eigenvalue weighted by Gasteiger charge is 2.64. The van der Waals surface area contributed by atoms with Crippen LogP contribution in [-0.4, -0.2) is 256 Å². The number of Topliss-reactive ketones (excluding diaryl/α,β-unsaturated/α-hetero) is 2. The summed E-state index contributed by atoms with van der Waals surface area (Å²) < 4.78 is 74.6. The molecule has 26 atom stereocenters. The van der Waals surface area contributed by atoms with E-state index < -0.39 is 149 Å². The van der Waals surface area contributed by atoms with Crippen LogP contribution in [0.3, 0.4) is 0 Å². The number of hydrazine groups is 2. The fraction of sp³-hybridized carbons (Fsp3) is 0.879. The Kier molecular flexibility index (Phi) is 25.6. The molecule has 0 aromatic carbocycles. The lowest BCUT2D eigenvalue weighted by Crippen LogP contribution is -2.63. The molecule has 0 aromatic rings. The minimum absolute atomic E-state index is 0.0115. The van der Waals surface area contributed by atoms with E-state index in [1.807, 2.05) is 90.5 Å². The van der Waals surface area contributed by atoms with Gasteiger partial charge in [0.1, 0.15) is 48.3 Å². The zero-order chi connectivity index (χ0) is 70.1. The average Bonchev–Trinajstić information content (AvgIpc) is 1.63. The number of hydrazone groups is 1. The summed E-state index contributed by atoms with van der Waals surface area (Å²) in [5, 5.41) is 23.5. The molecule has 7 aliphatic rings. The largest absolute Gasteiger partial charge is 0.458 e. The van der Waals surface area contributed by atoms with Gasteiger partial charge in [-0.15, -0.1) is 0 Å². The van der Waals surface area contributed by atoms with E-state index in [1.54, 1.807) is 70.0 Å². The van der Waals surface area contributed by atoms with Crippen molar-refractivity contribution in [3.63, 3.8) is 0 Å². The normalized spacial score (nSPS) is 43.8. The number of esters is 2. The number of oxime groups is 1. The van der Waals surface area contributed by atoms with Crippen molar-refractivity contribution in [2.45, 2.75) is 257 Å². The number of cyclic esters (lactones) is 2. The predicted octanol–water partition coefficient (Wildman–Crippen LogP) is 6.73. The SMILES string of the molecule is CC[C@H]1OC(=O)C(C)C(=O)C(C)C(OC2OC(C)CC(N(C)C)C2OC)C(C)(OC)CC(C)C(=NO)C(C)C2N(NC)C(=O)OC21C.CC[C@H]1OC(=O)C(C)C(=O)C(C)C(OC2OC(C)CC(N(C)C)C2OC)C(C)(OC)CC(C)C2=NN(C)N3C(=O)OC1(C)[C@H]3[C@H]2C. The highest BCUT2D eigenvalue weighted by Crippen LogP contribution is 2.47. The molecule has 7 aliphatic heterocycles. The van der Waals surface area contributed by atoms with E-state index in [1.165, 1.54) is 29.2 Å². The fourth-order valence-corrected chi connectivity index (χ4v) is 16.3. The van der Waals surface area contributed by atoms with Crippen molar-refractivity contribution in [2.75, 3.05) is 70.7 Å². The lowest BCUT2D eigenvalue weighted by Gasteiger charge is -2.49. The van der Waals surface area contributed by atoms with Crippen LogP contribution >= 0.6 is 0 Å². The third-order valence-corrected chi connectivity index (χ3v) is 21.6. The third kappa shape index (κ3) is 15.1. The molecule has 27 heteroatoms. The summed E-state index contributed by atoms with van der Waals surface area (Å²) in [5.74, 6) is -7.56. The van der Waals surface area contributed by atoms with Gasteiger partial charge in [-0.1, -0.05) is 60.5 Å². The Bertz CT molecular complexity index is 2690. The Morgan fingerprint density at radius 3 is 1.40 bits per heavy atom. The first-order valence-corrected chi connectivity index (χ1v) is 33.3. The number of hydrogen-bond donors (Lipinski definition) is 2. The first-order chi connectivity index (χ1) is 43.4. The van der Waals surface area contributed by atoms with E-state index in [0.29, 0.717) is 31.4 Å². The van der Waals surface area contributed by atoms with Gasteiger partial charge in [0.15, 0.2) is 35.3 Å². The molecular formula is C66H114N8O19. The number of hydrogen-bond acceptors (Lipinski definition) is 25. The van der Waals surface area contributed by atoms with Gasteiger partial charge in [-0.3, -0.25) is 19.2 Å². The Hall–Kier alpha value is -4.68. The van der Waals surface area contributed by atoms with Gasteiger partial charge >= 0.3 is 24.1 Å². The van der Waals surface area contributed by atoms with Crippen LogP contribution < -0.4 is 5.43 Å². The number of ether oxygens (including phenoxy) is 12. The molecule has 0 radical (unpaired) electrons. The topological polar surface area (TPSA) is 286 Å². The monoisotopic (exact) mass is 1320 g/mol. The Morgan fingerprint density at radius 2 is 1.02 bits per heavy atom. The molecule has 0 aliphatic carbocycles. The zero-order valence-corrected chi connectivity index (χ0v) is 60.4. The van der Waals surface area contributed by atoms with Gasteiger partial charge in [-0.05, 0) is 128 Å². The molecule has 2 N–H and O–H groups in total. The smallest absolute Gasteiger partial charge is 0.431 e. The Labute approximate surface area is 552 Å². The number of nitrogens with one attached hydrogen (secondary N) is 1. The highest BCUT2D eigenvalue weighted by molar-refractivity contribution is 6.01. The van der Waals surface area contributed by atoms with Gasteiger partial charge in [0, 0.05) is 89.9 Å². The van der Waals surface area contributed by atoms with Crippen LogP contribution in [0.4, 0.5) is 9.59 Å². The van der Waals surface area contributed by atoms with Gasteiger partial charge in [0.2, 0.25) is 0 Å². The molecule has 93 heavy (non-hydrogen) atoms. The summed E-state index contributed by atoms with van der Waals surface area (Å²) in [6, 6.07) is -1.27. The van der Waals surface area contributed by atoms with Crippen molar-refractivity contribution in [2.24, 2.45) is 57.6 Å². The van der Waals surface area contributed by atoms with Crippen LogP contribution in [0.15, 0.2) is 10.3 Å². The van der Waals surface area contributed by atoms with Crippen LogP contribution in [0.1, 0.15) is 149 Å². The Morgan fingerprint density at radius 1 is 0.613 bits per heavy atom. The van der Waals surface area contributed by atoms with Crippen LogP contribution in [-0.2, 0) is 76.0 Å². The number of nitrogens with zero attached hydrogens (tertiary/aromatic N) is 7. The van der Waals surface area contributed by atoms with E-state index in [4.69, 9.17) is 61.9 Å².